The molecule has 5 nitrogen and oxygen atoms in total. The van der Waals surface area contributed by atoms with E-state index in [0.29, 0.717) is 5.92 Å². The van der Waals surface area contributed by atoms with Crippen molar-refractivity contribution in [1.82, 2.24) is 5.32 Å². The van der Waals surface area contributed by atoms with E-state index in [1.54, 1.807) is 27.7 Å². The lowest BCUT2D eigenvalue weighted by Gasteiger charge is -2.29. The molecule has 146 valence electrons. The highest BCUT2D eigenvalue weighted by Crippen LogP contribution is 2.23. The van der Waals surface area contributed by atoms with Gasteiger partial charge in [-0.3, -0.25) is 0 Å². The summed E-state index contributed by atoms with van der Waals surface area (Å²) in [6, 6.07) is 9.40. The summed E-state index contributed by atoms with van der Waals surface area (Å²) in [6.45, 7) is 13.1. The molecule has 0 aliphatic carbocycles. The van der Waals surface area contributed by atoms with E-state index >= 15 is 0 Å². The quantitative estimate of drug-likeness (QED) is 0.732. The van der Waals surface area contributed by atoms with Crippen molar-refractivity contribution < 1.29 is 19.1 Å². The maximum atomic E-state index is 12.3. The Morgan fingerprint density at radius 2 is 1.62 bits per heavy atom. The molecule has 0 aliphatic rings. The minimum Gasteiger partial charge on any atom is -0.461 e. The first kappa shape index (κ1) is 22.0. The number of alkyl carbamates (subject to hydrolysis) is 1. The highest BCUT2D eigenvalue weighted by molar-refractivity contribution is 5.81. The van der Waals surface area contributed by atoms with Crippen LogP contribution >= 0.6 is 0 Å². The smallest absolute Gasteiger partial charge is 0.408 e. The summed E-state index contributed by atoms with van der Waals surface area (Å²) in [5, 5.41) is 2.52. The van der Waals surface area contributed by atoms with Crippen molar-refractivity contribution in [3.05, 3.63) is 35.9 Å². The van der Waals surface area contributed by atoms with Gasteiger partial charge in [-0.2, -0.15) is 0 Å². The van der Waals surface area contributed by atoms with Crippen LogP contribution < -0.4 is 5.32 Å². The maximum Gasteiger partial charge on any atom is 0.408 e. The number of esters is 1. The van der Waals surface area contributed by atoms with Crippen LogP contribution in [0.5, 0.6) is 0 Å². The zero-order valence-electron chi connectivity index (χ0n) is 17.0. The third-order valence-corrected chi connectivity index (χ3v) is 4.16. The van der Waals surface area contributed by atoms with E-state index < -0.39 is 23.7 Å². The second-order valence-corrected chi connectivity index (χ2v) is 8.11. The van der Waals surface area contributed by atoms with E-state index in [1.165, 1.54) is 5.56 Å². The van der Waals surface area contributed by atoms with E-state index in [-0.39, 0.29) is 12.0 Å². The average Bonchev–Trinajstić information content (AvgIpc) is 2.51. The number of benzene rings is 1. The summed E-state index contributed by atoms with van der Waals surface area (Å²) in [6.07, 6.45) is -0.0502. The lowest BCUT2D eigenvalue weighted by atomic mass is 9.85. The Balaban J connectivity index is 2.63. The fourth-order valence-electron chi connectivity index (χ4n) is 2.75. The van der Waals surface area contributed by atoms with E-state index in [0.717, 1.165) is 6.42 Å². The van der Waals surface area contributed by atoms with Crippen LogP contribution in [0, 0.1) is 11.8 Å². The first-order valence-corrected chi connectivity index (χ1v) is 9.23. The van der Waals surface area contributed by atoms with Gasteiger partial charge in [0.05, 0.1) is 0 Å². The number of carbonyl (C=O) groups is 2. The first-order valence-electron chi connectivity index (χ1n) is 9.23. The summed E-state index contributed by atoms with van der Waals surface area (Å²) in [5.41, 5.74) is 0.605. The molecule has 0 fully saturated rings. The van der Waals surface area contributed by atoms with Crippen LogP contribution in [0.2, 0.25) is 0 Å². The third-order valence-electron chi connectivity index (χ3n) is 4.16. The summed E-state index contributed by atoms with van der Waals surface area (Å²) in [7, 11) is 0. The van der Waals surface area contributed by atoms with Crippen molar-refractivity contribution in [3.8, 4) is 0 Å². The number of rotatable bonds is 7. The van der Waals surface area contributed by atoms with Gasteiger partial charge < -0.3 is 14.8 Å². The zero-order chi connectivity index (χ0) is 19.9. The van der Waals surface area contributed by atoms with Gasteiger partial charge in [0, 0.05) is 5.92 Å². The van der Waals surface area contributed by atoms with Crippen LogP contribution in [0.4, 0.5) is 4.79 Å². The highest BCUT2D eigenvalue weighted by Gasteiger charge is 2.28. The molecular formula is C21H33NO4. The fraction of sp³-hybridized carbons (Fsp3) is 0.619. The van der Waals surface area contributed by atoms with E-state index in [1.807, 2.05) is 25.1 Å². The average molecular weight is 363 g/mol. The predicted octanol–water partition coefficient (Wildman–Crippen LogP) is 4.35. The molecular weight excluding hydrogens is 330 g/mol. The molecule has 1 amide bonds. The molecule has 0 aromatic heterocycles. The SMILES string of the molecule is CC(C)C(Cc1ccccc1)C(C)OC(=O)[C@H](C)NC(=O)OC(C)(C)C. The Hall–Kier alpha value is -2.04. The molecule has 0 aliphatic heterocycles. The number of hydrogen-bond acceptors (Lipinski definition) is 4. The number of ether oxygens (including phenoxy) is 2. The Morgan fingerprint density at radius 1 is 1.04 bits per heavy atom. The van der Waals surface area contributed by atoms with Crippen LogP contribution in [-0.2, 0) is 20.7 Å². The van der Waals surface area contributed by atoms with Crippen molar-refractivity contribution in [2.75, 3.05) is 0 Å². The highest BCUT2D eigenvalue weighted by atomic mass is 16.6. The molecule has 1 rings (SSSR count). The second-order valence-electron chi connectivity index (χ2n) is 8.11. The van der Waals surface area contributed by atoms with Gasteiger partial charge in [-0.1, -0.05) is 44.2 Å². The summed E-state index contributed by atoms with van der Waals surface area (Å²) >= 11 is 0. The Bertz CT molecular complexity index is 577. The summed E-state index contributed by atoms with van der Waals surface area (Å²) < 4.78 is 10.8. The van der Waals surface area contributed by atoms with Gasteiger partial charge >= 0.3 is 12.1 Å². The molecule has 0 saturated heterocycles. The minimum absolute atomic E-state index is 0.190. The Morgan fingerprint density at radius 3 is 2.12 bits per heavy atom. The standard InChI is InChI=1S/C21H33NO4/c1-14(2)18(13-17-11-9-8-10-12-17)16(4)25-19(23)15(3)22-20(24)26-21(5,6)7/h8-12,14-16,18H,13H2,1-7H3,(H,22,24)/t15-,16?,18?/m0/s1. The van der Waals surface area contributed by atoms with Crippen molar-refractivity contribution in [1.29, 1.82) is 0 Å². The summed E-state index contributed by atoms with van der Waals surface area (Å²) in [5.74, 6) is 0.0873. The molecule has 0 bridgehead atoms. The van der Waals surface area contributed by atoms with Crippen molar-refractivity contribution >= 4 is 12.1 Å². The van der Waals surface area contributed by atoms with Crippen molar-refractivity contribution in [3.63, 3.8) is 0 Å². The zero-order valence-corrected chi connectivity index (χ0v) is 17.0. The van der Waals surface area contributed by atoms with Crippen LogP contribution in [0.3, 0.4) is 0 Å². The molecule has 0 heterocycles. The normalized spacial score (nSPS) is 15.1. The number of hydrogen-bond donors (Lipinski definition) is 1. The summed E-state index contributed by atoms with van der Waals surface area (Å²) in [4.78, 5) is 24.1. The maximum absolute atomic E-state index is 12.3. The lowest BCUT2D eigenvalue weighted by molar-refractivity contribution is -0.153. The van der Waals surface area contributed by atoms with Crippen LogP contribution in [0.15, 0.2) is 30.3 Å². The van der Waals surface area contributed by atoms with Crippen LogP contribution in [0.1, 0.15) is 54.0 Å². The molecule has 1 aromatic rings. The van der Waals surface area contributed by atoms with Gasteiger partial charge in [0.15, 0.2) is 0 Å². The molecule has 0 saturated carbocycles. The van der Waals surface area contributed by atoms with Gasteiger partial charge in [-0.05, 0) is 52.5 Å². The molecule has 3 atom stereocenters. The van der Waals surface area contributed by atoms with Crippen molar-refractivity contribution in [2.45, 2.75) is 72.6 Å². The molecule has 2 unspecified atom stereocenters. The fourth-order valence-corrected chi connectivity index (χ4v) is 2.75. The van der Waals surface area contributed by atoms with E-state index in [2.05, 4.69) is 31.3 Å². The Kier molecular flexibility index (Phi) is 8.12. The monoisotopic (exact) mass is 363 g/mol. The topological polar surface area (TPSA) is 64.6 Å². The molecule has 0 spiro atoms. The number of amides is 1. The molecule has 0 radical (unpaired) electrons. The molecule has 1 aromatic carbocycles. The van der Waals surface area contributed by atoms with Crippen LogP contribution in [0.25, 0.3) is 0 Å². The van der Waals surface area contributed by atoms with Gasteiger partial charge in [0.2, 0.25) is 0 Å². The Labute approximate surface area is 157 Å². The van der Waals surface area contributed by atoms with E-state index in [4.69, 9.17) is 9.47 Å². The molecule has 1 N–H and O–H groups in total. The van der Waals surface area contributed by atoms with Gasteiger partial charge in [-0.25, -0.2) is 9.59 Å². The number of nitrogens with one attached hydrogen (secondary N) is 1. The van der Waals surface area contributed by atoms with Crippen molar-refractivity contribution in [2.24, 2.45) is 11.8 Å². The van der Waals surface area contributed by atoms with Gasteiger partial charge in [0.25, 0.3) is 0 Å². The second kappa shape index (κ2) is 9.60. The van der Waals surface area contributed by atoms with E-state index in [9.17, 15) is 9.59 Å². The first-order chi connectivity index (χ1) is 12.0. The lowest BCUT2D eigenvalue weighted by Crippen LogP contribution is -2.44. The number of carbonyl (C=O) groups excluding carboxylic acids is 2. The predicted molar refractivity (Wildman–Crippen MR) is 103 cm³/mol. The molecule has 5 heteroatoms. The minimum atomic E-state index is -0.767. The molecule has 26 heavy (non-hydrogen) atoms. The van der Waals surface area contributed by atoms with Crippen LogP contribution in [-0.4, -0.2) is 29.8 Å². The third kappa shape index (κ3) is 7.89. The largest absolute Gasteiger partial charge is 0.461 e. The van der Waals surface area contributed by atoms with Gasteiger partial charge in [-0.15, -0.1) is 0 Å². The van der Waals surface area contributed by atoms with Gasteiger partial charge in [0.1, 0.15) is 17.7 Å².